The molecule has 8 nitrogen and oxygen atoms in total. The largest absolute Gasteiger partial charge is 0.496 e. The number of ether oxygens (including phenoxy) is 1. The molecule has 5 rings (SSSR count). The molecule has 0 bridgehead atoms. The van der Waals surface area contributed by atoms with Gasteiger partial charge in [-0.1, -0.05) is 23.4 Å². The second-order valence-electron chi connectivity index (χ2n) is 6.03. The van der Waals surface area contributed by atoms with Crippen molar-refractivity contribution >= 4 is 16.4 Å². The fourth-order valence-corrected chi connectivity index (χ4v) is 3.14. The molecule has 4 aromatic heterocycles. The van der Waals surface area contributed by atoms with Crippen molar-refractivity contribution in [3.8, 4) is 28.7 Å². The molecule has 0 saturated carbocycles. The van der Waals surface area contributed by atoms with Gasteiger partial charge in [0.1, 0.15) is 17.2 Å². The number of fused-ring (bicyclic) bond motifs is 3. The van der Waals surface area contributed by atoms with Crippen LogP contribution in [0, 0.1) is 6.92 Å². The van der Waals surface area contributed by atoms with Crippen molar-refractivity contribution in [3.05, 3.63) is 54.4 Å². The molecule has 0 saturated heterocycles. The van der Waals surface area contributed by atoms with Crippen molar-refractivity contribution in [2.24, 2.45) is 0 Å². The van der Waals surface area contributed by atoms with Gasteiger partial charge >= 0.3 is 0 Å². The quantitative estimate of drug-likeness (QED) is 0.488. The van der Waals surface area contributed by atoms with Crippen molar-refractivity contribution in [2.75, 3.05) is 7.11 Å². The highest BCUT2D eigenvalue weighted by Crippen LogP contribution is 2.35. The Labute approximate surface area is 153 Å². The molecular weight excluding hydrogens is 344 g/mol. The first-order valence-electron chi connectivity index (χ1n) is 8.33. The van der Waals surface area contributed by atoms with Gasteiger partial charge in [0.25, 0.3) is 0 Å². The van der Waals surface area contributed by atoms with Crippen LogP contribution in [0.1, 0.15) is 5.76 Å². The highest BCUT2D eigenvalue weighted by molar-refractivity contribution is 6.05. The Morgan fingerprint density at radius 1 is 1.04 bits per heavy atom. The van der Waals surface area contributed by atoms with Gasteiger partial charge in [-0.05, 0) is 25.1 Å². The van der Waals surface area contributed by atoms with Gasteiger partial charge in [-0.25, -0.2) is 0 Å². The Morgan fingerprint density at radius 2 is 1.96 bits per heavy atom. The van der Waals surface area contributed by atoms with Crippen LogP contribution in [-0.4, -0.2) is 37.1 Å². The molecule has 0 amide bonds. The van der Waals surface area contributed by atoms with Crippen LogP contribution >= 0.6 is 0 Å². The zero-order chi connectivity index (χ0) is 18.4. The van der Waals surface area contributed by atoms with E-state index >= 15 is 0 Å². The molecule has 0 aliphatic heterocycles. The third kappa shape index (κ3) is 2.34. The molecule has 0 atom stereocenters. The average Bonchev–Trinajstić information content (AvgIpc) is 3.33. The van der Waals surface area contributed by atoms with Crippen molar-refractivity contribution in [3.63, 3.8) is 0 Å². The third-order valence-electron chi connectivity index (χ3n) is 4.33. The van der Waals surface area contributed by atoms with Crippen molar-refractivity contribution in [1.82, 2.24) is 30.0 Å². The summed E-state index contributed by atoms with van der Waals surface area (Å²) in [6.07, 6.45) is 1.73. The lowest BCUT2D eigenvalue weighted by Gasteiger charge is -2.11. The summed E-state index contributed by atoms with van der Waals surface area (Å²) in [7, 11) is 1.63. The fourth-order valence-electron chi connectivity index (χ4n) is 3.14. The molecule has 4 heterocycles. The van der Waals surface area contributed by atoms with Crippen LogP contribution < -0.4 is 4.74 Å². The van der Waals surface area contributed by atoms with Crippen LogP contribution in [0.5, 0.6) is 5.75 Å². The summed E-state index contributed by atoms with van der Waals surface area (Å²) >= 11 is 0. The van der Waals surface area contributed by atoms with Crippen molar-refractivity contribution < 1.29 is 9.26 Å². The summed E-state index contributed by atoms with van der Waals surface area (Å²) in [6, 6.07) is 13.3. The first kappa shape index (κ1) is 15.4. The standard InChI is InChI=1S/C19H14N6O2/c1-11-10-14(24-27-11)19-22-21-18-12-6-5-8-15(26-2)16(12)17(23-25(18)19)13-7-3-4-9-20-13/h3-10H,1-2H3. The van der Waals surface area contributed by atoms with E-state index in [0.29, 0.717) is 34.4 Å². The molecule has 0 fully saturated rings. The van der Waals surface area contributed by atoms with Gasteiger partial charge in [-0.15, -0.1) is 10.2 Å². The molecule has 0 aliphatic rings. The van der Waals surface area contributed by atoms with E-state index < -0.39 is 0 Å². The summed E-state index contributed by atoms with van der Waals surface area (Å²) in [6.45, 7) is 1.83. The third-order valence-corrected chi connectivity index (χ3v) is 4.33. The van der Waals surface area contributed by atoms with Gasteiger partial charge in [-0.3, -0.25) is 4.98 Å². The summed E-state index contributed by atoms with van der Waals surface area (Å²) in [5.41, 5.74) is 2.59. The number of methoxy groups -OCH3 is 1. The first-order valence-corrected chi connectivity index (χ1v) is 8.33. The van der Waals surface area contributed by atoms with E-state index in [9.17, 15) is 0 Å². The molecule has 27 heavy (non-hydrogen) atoms. The van der Waals surface area contributed by atoms with Gasteiger partial charge in [0, 0.05) is 17.6 Å². The van der Waals surface area contributed by atoms with Crippen LogP contribution in [0.25, 0.3) is 39.3 Å². The lowest BCUT2D eigenvalue weighted by Crippen LogP contribution is -2.01. The molecule has 0 N–H and O–H groups in total. The monoisotopic (exact) mass is 358 g/mol. The maximum Gasteiger partial charge on any atom is 0.207 e. The maximum atomic E-state index is 5.58. The van der Waals surface area contributed by atoms with E-state index in [0.717, 1.165) is 16.5 Å². The topological polar surface area (TPSA) is 91.2 Å². The van der Waals surface area contributed by atoms with Crippen LogP contribution in [0.15, 0.2) is 53.2 Å². The minimum Gasteiger partial charge on any atom is -0.496 e. The Hall–Kier alpha value is -3.81. The molecule has 0 spiro atoms. The molecule has 132 valence electrons. The van der Waals surface area contributed by atoms with E-state index in [1.165, 1.54) is 0 Å². The minimum absolute atomic E-state index is 0.503. The second kappa shape index (κ2) is 5.87. The fraction of sp³-hybridized carbons (Fsp3) is 0.105. The molecule has 1 aromatic carbocycles. The van der Waals surface area contributed by atoms with E-state index in [4.69, 9.17) is 14.4 Å². The SMILES string of the molecule is COc1cccc2c1c(-c1ccccn1)nn1c(-c3cc(C)on3)nnc21. The Morgan fingerprint density at radius 3 is 2.70 bits per heavy atom. The highest BCUT2D eigenvalue weighted by Gasteiger charge is 2.20. The zero-order valence-corrected chi connectivity index (χ0v) is 14.6. The Bertz CT molecular complexity index is 1280. The summed E-state index contributed by atoms with van der Waals surface area (Å²) in [4.78, 5) is 4.47. The Balaban J connectivity index is 1.92. The van der Waals surface area contributed by atoms with Crippen LogP contribution in [0.2, 0.25) is 0 Å². The van der Waals surface area contributed by atoms with E-state index in [2.05, 4.69) is 20.3 Å². The summed E-state index contributed by atoms with van der Waals surface area (Å²) in [5, 5.41) is 19.2. The predicted molar refractivity (Wildman–Crippen MR) is 98.3 cm³/mol. The summed E-state index contributed by atoms with van der Waals surface area (Å²) < 4.78 is 12.4. The molecule has 0 unspecified atom stereocenters. The number of pyridine rings is 1. The smallest absolute Gasteiger partial charge is 0.207 e. The number of benzene rings is 1. The number of hydrogen-bond donors (Lipinski definition) is 0. The number of aromatic nitrogens is 6. The molecular formula is C19H14N6O2. The highest BCUT2D eigenvalue weighted by atomic mass is 16.5. The van der Waals surface area contributed by atoms with Crippen molar-refractivity contribution in [1.29, 1.82) is 0 Å². The average molecular weight is 358 g/mol. The van der Waals surface area contributed by atoms with Crippen LogP contribution in [-0.2, 0) is 0 Å². The number of rotatable bonds is 3. The minimum atomic E-state index is 0.503. The van der Waals surface area contributed by atoms with Crippen LogP contribution in [0.3, 0.4) is 0 Å². The molecule has 0 aliphatic carbocycles. The van der Waals surface area contributed by atoms with Gasteiger partial charge < -0.3 is 9.26 Å². The first-order chi connectivity index (χ1) is 13.3. The van der Waals surface area contributed by atoms with Gasteiger partial charge in [0.2, 0.25) is 5.82 Å². The normalized spacial score (nSPS) is 11.3. The lowest BCUT2D eigenvalue weighted by molar-refractivity contribution is 0.399. The maximum absolute atomic E-state index is 5.58. The van der Waals surface area contributed by atoms with Gasteiger partial charge in [0.05, 0.1) is 18.2 Å². The molecule has 0 radical (unpaired) electrons. The lowest BCUT2D eigenvalue weighted by atomic mass is 10.1. The van der Waals surface area contributed by atoms with Crippen molar-refractivity contribution in [2.45, 2.75) is 6.92 Å². The van der Waals surface area contributed by atoms with Gasteiger partial charge in [0.15, 0.2) is 11.3 Å². The second-order valence-corrected chi connectivity index (χ2v) is 6.03. The van der Waals surface area contributed by atoms with E-state index in [1.54, 1.807) is 23.9 Å². The zero-order valence-electron chi connectivity index (χ0n) is 14.6. The summed E-state index contributed by atoms with van der Waals surface area (Å²) in [5.74, 6) is 1.89. The van der Waals surface area contributed by atoms with Crippen LogP contribution in [0.4, 0.5) is 0 Å². The van der Waals surface area contributed by atoms with E-state index in [1.807, 2.05) is 43.3 Å². The number of hydrogen-bond acceptors (Lipinski definition) is 7. The Kier molecular flexibility index (Phi) is 3.36. The molecule has 8 heteroatoms. The van der Waals surface area contributed by atoms with E-state index in [-0.39, 0.29) is 0 Å². The van der Waals surface area contributed by atoms with Gasteiger partial charge in [-0.2, -0.15) is 9.61 Å². The molecule has 5 aromatic rings. The number of aryl methyl sites for hydroxylation is 1. The number of nitrogens with zero attached hydrogens (tertiary/aromatic N) is 6. The predicted octanol–water partition coefficient (Wildman–Crippen LogP) is 3.31.